The Kier molecular flexibility index (Phi) is 10.2. The highest BCUT2D eigenvalue weighted by Gasteiger charge is 2.22. The first kappa shape index (κ1) is 33.1. The molecule has 2 amide bonds. The van der Waals surface area contributed by atoms with Crippen LogP contribution in [0.1, 0.15) is 65.0 Å². The number of Topliss-reactive ketones (excluding diaryl/α,β-unsaturated/α-hetero) is 1. The van der Waals surface area contributed by atoms with Crippen LogP contribution in [0.15, 0.2) is 65.5 Å². The number of nitrogens with one attached hydrogen (secondary N) is 3. The molecule has 11 heteroatoms. The Labute approximate surface area is 266 Å². The number of rotatable bonds is 10. The van der Waals surface area contributed by atoms with Crippen LogP contribution >= 0.6 is 11.6 Å². The number of anilines is 1. The number of hydrogen-bond acceptors (Lipinski definition) is 7. The second-order valence-electron chi connectivity index (χ2n) is 11.6. The molecule has 0 fully saturated rings. The third-order valence-electron chi connectivity index (χ3n) is 7.04. The van der Waals surface area contributed by atoms with Gasteiger partial charge in [0.15, 0.2) is 17.3 Å². The van der Waals surface area contributed by atoms with Crippen LogP contribution in [-0.4, -0.2) is 49.1 Å². The van der Waals surface area contributed by atoms with Crippen molar-refractivity contribution < 1.29 is 28.6 Å². The first-order valence-electron chi connectivity index (χ1n) is 14.2. The average molecular weight is 634 g/mol. The molecule has 1 aromatic heterocycles. The largest absolute Gasteiger partial charge is 0.493 e. The standard InChI is InChI=1S/C34H36ClN3O7/c1-19-10-11-21(28(39)15-23(20-8-7-9-24(35)12-20)18-36-33(42)45-34(2,3)4)14-26(19)37-31(40)25-13-22-16-29(43-5)30(44-6)17-27(22)38-32(25)41/h7-14,16-17,23H,15,18H2,1-6H3,(H,36,42)(H,37,40)(H,38,41). The number of methoxy groups -OCH3 is 2. The molecule has 1 unspecified atom stereocenters. The third kappa shape index (κ3) is 8.42. The molecule has 45 heavy (non-hydrogen) atoms. The van der Waals surface area contributed by atoms with Gasteiger partial charge in [-0.1, -0.05) is 35.9 Å². The van der Waals surface area contributed by atoms with Crippen LogP contribution in [0.5, 0.6) is 11.5 Å². The molecule has 10 nitrogen and oxygen atoms in total. The van der Waals surface area contributed by atoms with E-state index in [0.717, 1.165) is 5.56 Å². The molecule has 0 bridgehead atoms. The van der Waals surface area contributed by atoms with Crippen LogP contribution in [0.3, 0.4) is 0 Å². The van der Waals surface area contributed by atoms with Crippen molar-refractivity contribution in [3.05, 3.63) is 98.3 Å². The quantitative estimate of drug-likeness (QED) is 0.167. The lowest BCUT2D eigenvalue weighted by Crippen LogP contribution is -2.35. The summed E-state index contributed by atoms with van der Waals surface area (Å²) in [7, 11) is 2.98. The van der Waals surface area contributed by atoms with Crippen molar-refractivity contribution in [3.8, 4) is 11.5 Å². The van der Waals surface area contributed by atoms with Gasteiger partial charge in [0, 0.05) is 46.6 Å². The summed E-state index contributed by atoms with van der Waals surface area (Å²) in [6.45, 7) is 7.22. The summed E-state index contributed by atoms with van der Waals surface area (Å²) in [5, 5.41) is 6.60. The molecule has 0 aliphatic heterocycles. The van der Waals surface area contributed by atoms with Gasteiger partial charge in [0.2, 0.25) is 0 Å². The summed E-state index contributed by atoms with van der Waals surface area (Å²) in [5.74, 6) is -0.379. The maximum absolute atomic E-state index is 13.6. The predicted molar refractivity (Wildman–Crippen MR) is 174 cm³/mol. The number of ether oxygens (including phenoxy) is 3. The van der Waals surface area contributed by atoms with Gasteiger partial charge in [-0.15, -0.1) is 0 Å². The second-order valence-corrected chi connectivity index (χ2v) is 12.0. The monoisotopic (exact) mass is 633 g/mol. The van der Waals surface area contributed by atoms with Gasteiger partial charge < -0.3 is 29.8 Å². The minimum absolute atomic E-state index is 0.0439. The van der Waals surface area contributed by atoms with Crippen molar-refractivity contribution in [2.45, 2.75) is 45.6 Å². The van der Waals surface area contributed by atoms with Crippen molar-refractivity contribution in [2.75, 3.05) is 26.1 Å². The third-order valence-corrected chi connectivity index (χ3v) is 7.28. The fourth-order valence-electron chi connectivity index (χ4n) is 4.75. The minimum atomic E-state index is -0.674. The Morgan fingerprint density at radius 1 is 0.956 bits per heavy atom. The van der Waals surface area contributed by atoms with E-state index < -0.39 is 29.1 Å². The van der Waals surface area contributed by atoms with Crippen molar-refractivity contribution in [1.82, 2.24) is 10.3 Å². The highest BCUT2D eigenvalue weighted by Crippen LogP contribution is 2.31. The molecular formula is C34H36ClN3O7. The van der Waals surface area contributed by atoms with Crippen LogP contribution in [0.4, 0.5) is 10.5 Å². The maximum atomic E-state index is 13.6. The van der Waals surface area contributed by atoms with Gasteiger partial charge in [-0.3, -0.25) is 14.4 Å². The summed E-state index contributed by atoms with van der Waals surface area (Å²) >= 11 is 6.23. The van der Waals surface area contributed by atoms with Gasteiger partial charge >= 0.3 is 6.09 Å². The number of carbonyl (C=O) groups is 3. The first-order chi connectivity index (χ1) is 21.3. The van der Waals surface area contributed by atoms with Gasteiger partial charge in [-0.25, -0.2) is 4.79 Å². The zero-order chi connectivity index (χ0) is 32.9. The van der Waals surface area contributed by atoms with E-state index >= 15 is 0 Å². The number of aromatic amines is 1. The summed E-state index contributed by atoms with van der Waals surface area (Å²) in [6.07, 6.45) is -0.550. The lowest BCUT2D eigenvalue weighted by Gasteiger charge is -2.22. The number of H-pyrrole nitrogens is 1. The minimum Gasteiger partial charge on any atom is -0.493 e. The lowest BCUT2D eigenvalue weighted by molar-refractivity contribution is 0.0522. The number of alkyl carbamates (subject to hydrolysis) is 1. The van der Waals surface area contributed by atoms with E-state index in [1.807, 2.05) is 6.07 Å². The molecular weight excluding hydrogens is 598 g/mol. The molecule has 0 radical (unpaired) electrons. The van der Waals surface area contributed by atoms with Crippen molar-refractivity contribution >= 4 is 46.0 Å². The van der Waals surface area contributed by atoms with E-state index in [1.165, 1.54) is 20.3 Å². The lowest BCUT2D eigenvalue weighted by atomic mass is 9.91. The van der Waals surface area contributed by atoms with Gasteiger partial charge in [0.25, 0.3) is 11.5 Å². The zero-order valence-corrected chi connectivity index (χ0v) is 26.8. The zero-order valence-electron chi connectivity index (χ0n) is 26.0. The van der Waals surface area contributed by atoms with Crippen LogP contribution in [0.25, 0.3) is 10.9 Å². The second kappa shape index (κ2) is 13.9. The fourth-order valence-corrected chi connectivity index (χ4v) is 4.95. The Balaban J connectivity index is 1.56. The Morgan fingerprint density at radius 3 is 2.33 bits per heavy atom. The normalized spacial score (nSPS) is 11.9. The number of carbonyl (C=O) groups excluding carboxylic acids is 3. The van der Waals surface area contributed by atoms with Crippen LogP contribution in [0, 0.1) is 6.92 Å². The smallest absolute Gasteiger partial charge is 0.407 e. The first-order valence-corrected chi connectivity index (χ1v) is 14.6. The molecule has 0 aliphatic rings. The van der Waals surface area contributed by atoms with Gasteiger partial charge in [-0.2, -0.15) is 0 Å². The van der Waals surface area contributed by atoms with Crippen LogP contribution in [-0.2, 0) is 4.74 Å². The Bertz CT molecular complexity index is 1810. The van der Waals surface area contributed by atoms with E-state index in [1.54, 1.807) is 76.2 Å². The molecule has 1 atom stereocenters. The molecule has 4 rings (SSSR count). The number of ketones is 1. The van der Waals surface area contributed by atoms with Crippen LogP contribution in [0.2, 0.25) is 5.02 Å². The van der Waals surface area contributed by atoms with E-state index in [4.69, 9.17) is 25.8 Å². The fraction of sp³-hybridized carbons (Fsp3) is 0.294. The highest BCUT2D eigenvalue weighted by atomic mass is 35.5. The van der Waals surface area contributed by atoms with Gasteiger partial charge in [0.05, 0.1) is 19.7 Å². The molecule has 1 heterocycles. The van der Waals surface area contributed by atoms with E-state index in [9.17, 15) is 19.2 Å². The highest BCUT2D eigenvalue weighted by molar-refractivity contribution is 6.30. The molecule has 3 N–H and O–H groups in total. The molecule has 0 aliphatic carbocycles. The summed E-state index contributed by atoms with van der Waals surface area (Å²) in [5.41, 5.74) is 1.31. The maximum Gasteiger partial charge on any atom is 0.407 e. The number of hydrogen-bond donors (Lipinski definition) is 3. The van der Waals surface area contributed by atoms with E-state index in [2.05, 4.69) is 15.6 Å². The molecule has 4 aromatic rings. The van der Waals surface area contributed by atoms with Crippen LogP contribution < -0.4 is 25.7 Å². The average Bonchev–Trinajstić information content (AvgIpc) is 2.98. The number of halogens is 1. The molecule has 0 saturated carbocycles. The topological polar surface area (TPSA) is 136 Å². The summed E-state index contributed by atoms with van der Waals surface area (Å²) < 4.78 is 16.0. The number of benzene rings is 3. The number of fused-ring (bicyclic) bond motifs is 1. The Morgan fingerprint density at radius 2 is 1.67 bits per heavy atom. The Hall–Kier alpha value is -4.83. The van der Waals surface area contributed by atoms with Crippen molar-refractivity contribution in [3.63, 3.8) is 0 Å². The number of pyridine rings is 1. The number of aryl methyl sites for hydroxylation is 1. The number of aromatic nitrogens is 1. The molecule has 0 saturated heterocycles. The van der Waals surface area contributed by atoms with Crippen molar-refractivity contribution in [2.24, 2.45) is 0 Å². The van der Waals surface area contributed by atoms with E-state index in [0.29, 0.717) is 44.2 Å². The predicted octanol–water partition coefficient (Wildman–Crippen LogP) is 6.64. The number of amides is 2. The van der Waals surface area contributed by atoms with Gasteiger partial charge in [0.1, 0.15) is 11.2 Å². The summed E-state index contributed by atoms with van der Waals surface area (Å²) in [4.78, 5) is 54.8. The SMILES string of the molecule is COc1cc2cc(C(=O)Nc3cc(C(=O)CC(CNC(=O)OC(C)(C)C)c4cccc(Cl)c4)ccc3C)c(=O)[nH]c2cc1OC. The van der Waals surface area contributed by atoms with Crippen molar-refractivity contribution in [1.29, 1.82) is 0 Å². The summed E-state index contributed by atoms with van der Waals surface area (Å²) in [6, 6.07) is 16.8. The van der Waals surface area contributed by atoms with Gasteiger partial charge in [-0.05, 0) is 69.2 Å². The molecule has 3 aromatic carbocycles. The van der Waals surface area contributed by atoms with E-state index in [-0.39, 0.29) is 24.3 Å². The molecule has 236 valence electrons. The molecule has 0 spiro atoms.